The summed E-state index contributed by atoms with van der Waals surface area (Å²) >= 11 is 3.31. The molecule has 0 bridgehead atoms. The quantitative estimate of drug-likeness (QED) is 0.903. The van der Waals surface area contributed by atoms with E-state index in [1.807, 2.05) is 6.07 Å². The lowest BCUT2D eigenvalue weighted by Crippen LogP contribution is -2.22. The van der Waals surface area contributed by atoms with Gasteiger partial charge in [0.25, 0.3) is 5.56 Å². The van der Waals surface area contributed by atoms with Crippen molar-refractivity contribution in [3.63, 3.8) is 0 Å². The zero-order valence-electron chi connectivity index (χ0n) is 8.77. The molecule has 0 amide bonds. The number of hydrogen-bond acceptors (Lipinski definition) is 3. The molecule has 2 rings (SSSR count). The molecule has 0 saturated carbocycles. The molecule has 0 spiro atoms. The minimum atomic E-state index is -0.113. The lowest BCUT2D eigenvalue weighted by atomic mass is 10.2. The molecule has 5 heteroatoms. The fraction of sp³-hybridized carbons (Fsp3) is 0.273. The van der Waals surface area contributed by atoms with Gasteiger partial charge in [-0.2, -0.15) is 0 Å². The molecular weight excluding hydrogens is 272 g/mol. The van der Waals surface area contributed by atoms with Crippen LogP contribution in [0.3, 0.4) is 0 Å². The van der Waals surface area contributed by atoms with Crippen molar-refractivity contribution in [1.82, 2.24) is 9.38 Å². The van der Waals surface area contributed by atoms with E-state index in [1.54, 1.807) is 19.2 Å². The molecule has 2 aromatic rings. The van der Waals surface area contributed by atoms with Crippen molar-refractivity contribution in [3.05, 3.63) is 44.4 Å². The first kappa shape index (κ1) is 11.3. The summed E-state index contributed by atoms with van der Waals surface area (Å²) in [4.78, 5) is 16.4. The largest absolute Gasteiger partial charge is 0.396 e. The number of aliphatic hydroxyl groups is 1. The average molecular weight is 283 g/mol. The number of pyridine rings is 1. The Bertz CT molecular complexity index is 592. The second kappa shape index (κ2) is 4.35. The Balaban J connectivity index is 2.80. The van der Waals surface area contributed by atoms with Gasteiger partial charge in [0.1, 0.15) is 5.65 Å². The Morgan fingerprint density at radius 1 is 1.50 bits per heavy atom. The standard InChI is InChI=1S/C11H11BrN2O2/c1-7-9(4-5-15)11(16)14-6-8(12)2-3-10(14)13-7/h2-3,6,15H,4-5H2,1H3. The van der Waals surface area contributed by atoms with Crippen LogP contribution >= 0.6 is 15.9 Å². The summed E-state index contributed by atoms with van der Waals surface area (Å²) in [6.07, 6.45) is 2.03. The molecule has 2 aromatic heterocycles. The first-order chi connectivity index (χ1) is 7.63. The zero-order valence-corrected chi connectivity index (χ0v) is 10.4. The highest BCUT2D eigenvalue weighted by atomic mass is 79.9. The van der Waals surface area contributed by atoms with Crippen molar-refractivity contribution in [3.8, 4) is 0 Å². The third kappa shape index (κ3) is 1.88. The molecule has 4 nitrogen and oxygen atoms in total. The van der Waals surface area contributed by atoms with Crippen LogP contribution in [0.2, 0.25) is 0 Å². The number of fused-ring (bicyclic) bond motifs is 1. The number of hydrogen-bond donors (Lipinski definition) is 1. The van der Waals surface area contributed by atoms with E-state index in [1.165, 1.54) is 4.40 Å². The number of halogens is 1. The lowest BCUT2D eigenvalue weighted by Gasteiger charge is -2.06. The molecule has 0 fully saturated rings. The molecule has 84 valence electrons. The van der Waals surface area contributed by atoms with Crippen LogP contribution < -0.4 is 5.56 Å². The molecule has 0 aliphatic heterocycles. The van der Waals surface area contributed by atoms with Crippen molar-refractivity contribution in [2.45, 2.75) is 13.3 Å². The van der Waals surface area contributed by atoms with Crippen LogP contribution in [0.4, 0.5) is 0 Å². The number of rotatable bonds is 2. The van der Waals surface area contributed by atoms with Crippen LogP contribution in [-0.4, -0.2) is 21.1 Å². The number of aromatic nitrogens is 2. The molecule has 16 heavy (non-hydrogen) atoms. The fourth-order valence-corrected chi connectivity index (χ4v) is 2.00. The second-order valence-corrected chi connectivity index (χ2v) is 4.45. The van der Waals surface area contributed by atoms with E-state index >= 15 is 0 Å². The molecule has 1 N–H and O–H groups in total. The van der Waals surface area contributed by atoms with Crippen LogP contribution in [0.1, 0.15) is 11.3 Å². The summed E-state index contributed by atoms with van der Waals surface area (Å²) in [6, 6.07) is 3.62. The van der Waals surface area contributed by atoms with Gasteiger partial charge >= 0.3 is 0 Å². The summed E-state index contributed by atoms with van der Waals surface area (Å²) in [7, 11) is 0. The van der Waals surface area contributed by atoms with E-state index in [0.717, 1.165) is 4.47 Å². The summed E-state index contributed by atoms with van der Waals surface area (Å²) in [5, 5.41) is 8.91. The Labute approximate surface area is 101 Å². The van der Waals surface area contributed by atoms with Crippen molar-refractivity contribution in [2.24, 2.45) is 0 Å². The van der Waals surface area contributed by atoms with Crippen molar-refractivity contribution >= 4 is 21.6 Å². The van der Waals surface area contributed by atoms with E-state index in [-0.39, 0.29) is 12.2 Å². The number of aliphatic hydroxyl groups excluding tert-OH is 1. The minimum absolute atomic E-state index is 0.0438. The molecule has 0 radical (unpaired) electrons. The van der Waals surface area contributed by atoms with Gasteiger partial charge in [0.15, 0.2) is 0 Å². The molecule has 0 aromatic carbocycles. The van der Waals surface area contributed by atoms with E-state index in [2.05, 4.69) is 20.9 Å². The maximum absolute atomic E-state index is 12.1. The highest BCUT2D eigenvalue weighted by molar-refractivity contribution is 9.10. The Kier molecular flexibility index (Phi) is 3.07. The highest BCUT2D eigenvalue weighted by Gasteiger charge is 2.08. The summed E-state index contributed by atoms with van der Waals surface area (Å²) in [6.45, 7) is 1.74. The Morgan fingerprint density at radius 2 is 2.25 bits per heavy atom. The zero-order chi connectivity index (χ0) is 11.7. The summed E-state index contributed by atoms with van der Waals surface area (Å²) < 4.78 is 2.31. The fourth-order valence-electron chi connectivity index (χ4n) is 1.66. The van der Waals surface area contributed by atoms with E-state index in [9.17, 15) is 4.79 Å². The highest BCUT2D eigenvalue weighted by Crippen LogP contribution is 2.10. The van der Waals surface area contributed by atoms with Crippen LogP contribution in [0.15, 0.2) is 27.6 Å². The number of aryl methyl sites for hydroxylation is 1. The van der Waals surface area contributed by atoms with Gasteiger partial charge < -0.3 is 5.11 Å². The smallest absolute Gasteiger partial charge is 0.261 e. The predicted molar refractivity (Wildman–Crippen MR) is 64.7 cm³/mol. The normalized spacial score (nSPS) is 10.9. The van der Waals surface area contributed by atoms with Gasteiger partial charge in [-0.15, -0.1) is 0 Å². The monoisotopic (exact) mass is 282 g/mol. The van der Waals surface area contributed by atoms with E-state index in [0.29, 0.717) is 23.3 Å². The van der Waals surface area contributed by atoms with Crippen molar-refractivity contribution < 1.29 is 5.11 Å². The SMILES string of the molecule is Cc1nc2ccc(Br)cn2c(=O)c1CCO. The van der Waals surface area contributed by atoms with Crippen LogP contribution in [0.5, 0.6) is 0 Å². The first-order valence-electron chi connectivity index (χ1n) is 4.91. The predicted octanol–water partition coefficient (Wildman–Crippen LogP) is 1.30. The topological polar surface area (TPSA) is 54.6 Å². The van der Waals surface area contributed by atoms with Gasteiger partial charge in [-0.05, 0) is 35.0 Å². The molecule has 0 saturated heterocycles. The molecule has 0 unspecified atom stereocenters. The summed E-state index contributed by atoms with van der Waals surface area (Å²) in [5.74, 6) is 0. The van der Waals surface area contributed by atoms with Crippen LogP contribution in [0, 0.1) is 6.92 Å². The van der Waals surface area contributed by atoms with Gasteiger partial charge in [0.2, 0.25) is 0 Å². The van der Waals surface area contributed by atoms with Gasteiger partial charge in [-0.3, -0.25) is 9.20 Å². The molecule has 0 atom stereocenters. The average Bonchev–Trinajstić information content (AvgIpc) is 2.26. The maximum Gasteiger partial charge on any atom is 0.261 e. The Hall–Kier alpha value is -1.20. The van der Waals surface area contributed by atoms with Crippen molar-refractivity contribution in [1.29, 1.82) is 0 Å². The third-order valence-corrected chi connectivity index (χ3v) is 2.92. The Morgan fingerprint density at radius 3 is 2.94 bits per heavy atom. The van der Waals surface area contributed by atoms with Gasteiger partial charge in [0, 0.05) is 35.0 Å². The second-order valence-electron chi connectivity index (χ2n) is 3.53. The molecule has 2 heterocycles. The summed E-state index contributed by atoms with van der Waals surface area (Å²) in [5.41, 5.74) is 1.75. The van der Waals surface area contributed by atoms with E-state index < -0.39 is 0 Å². The van der Waals surface area contributed by atoms with Gasteiger partial charge in [-0.1, -0.05) is 0 Å². The third-order valence-electron chi connectivity index (χ3n) is 2.45. The van der Waals surface area contributed by atoms with Crippen LogP contribution in [-0.2, 0) is 6.42 Å². The maximum atomic E-state index is 12.1. The van der Waals surface area contributed by atoms with Gasteiger partial charge in [0.05, 0.1) is 0 Å². The van der Waals surface area contributed by atoms with Crippen LogP contribution in [0.25, 0.3) is 5.65 Å². The van der Waals surface area contributed by atoms with Crippen molar-refractivity contribution in [2.75, 3.05) is 6.61 Å². The molecular formula is C11H11BrN2O2. The van der Waals surface area contributed by atoms with E-state index in [4.69, 9.17) is 5.11 Å². The first-order valence-corrected chi connectivity index (χ1v) is 5.71. The lowest BCUT2D eigenvalue weighted by molar-refractivity contribution is 0.298. The van der Waals surface area contributed by atoms with Gasteiger partial charge in [-0.25, -0.2) is 4.98 Å². The molecule has 0 aliphatic carbocycles. The number of nitrogens with zero attached hydrogens (tertiary/aromatic N) is 2. The minimum Gasteiger partial charge on any atom is -0.396 e. The molecule has 0 aliphatic rings.